The number of rotatable bonds is 8. The summed E-state index contributed by atoms with van der Waals surface area (Å²) < 4.78 is 16.8. The second-order valence-corrected chi connectivity index (χ2v) is 7.60. The molecule has 0 bridgehead atoms. The molecule has 0 unspecified atom stereocenters. The zero-order chi connectivity index (χ0) is 19.5. The summed E-state index contributed by atoms with van der Waals surface area (Å²) in [6.45, 7) is 12.1. The molecule has 1 aliphatic rings. The maximum atomic E-state index is 12.9. The van der Waals surface area contributed by atoms with E-state index in [0.29, 0.717) is 17.9 Å². The molecule has 26 heavy (non-hydrogen) atoms. The Morgan fingerprint density at radius 1 is 1.27 bits per heavy atom. The number of para-hydroxylation sites is 1. The van der Waals surface area contributed by atoms with Gasteiger partial charge in [0.1, 0.15) is 6.10 Å². The molecule has 142 valence electrons. The van der Waals surface area contributed by atoms with Gasteiger partial charge in [-0.15, -0.1) is 6.58 Å². The molecular weight excluding hydrogens is 328 g/mol. The maximum Gasteiger partial charge on any atom is 0.310 e. The molecule has 0 N–H and O–H groups in total. The van der Waals surface area contributed by atoms with Crippen LogP contribution in [0.1, 0.15) is 45.8 Å². The highest BCUT2D eigenvalue weighted by molar-refractivity contribution is 5.78. The van der Waals surface area contributed by atoms with Crippen molar-refractivity contribution < 1.29 is 19.0 Å². The highest BCUT2D eigenvalue weighted by Crippen LogP contribution is 2.60. The quantitative estimate of drug-likeness (QED) is 0.479. The van der Waals surface area contributed by atoms with Gasteiger partial charge < -0.3 is 14.2 Å². The molecule has 4 nitrogen and oxygen atoms in total. The molecule has 4 heteroatoms. The third-order valence-corrected chi connectivity index (χ3v) is 5.10. The number of benzene rings is 1. The Morgan fingerprint density at radius 3 is 2.50 bits per heavy atom. The van der Waals surface area contributed by atoms with Gasteiger partial charge in [0, 0.05) is 12.0 Å². The van der Waals surface area contributed by atoms with E-state index in [1.54, 1.807) is 20.3 Å². The largest absolute Gasteiger partial charge is 0.493 e. The Kier molecular flexibility index (Phi) is 6.17. The van der Waals surface area contributed by atoms with Crippen LogP contribution in [0.2, 0.25) is 0 Å². The fraction of sp³-hybridized carbons (Fsp3) is 0.500. The highest BCUT2D eigenvalue weighted by atomic mass is 16.5. The fourth-order valence-corrected chi connectivity index (χ4v) is 3.57. The van der Waals surface area contributed by atoms with Crippen molar-refractivity contribution in [2.45, 2.75) is 40.2 Å². The number of hydrogen-bond acceptors (Lipinski definition) is 4. The lowest BCUT2D eigenvalue weighted by molar-refractivity contribution is -0.152. The molecule has 1 saturated carbocycles. The lowest BCUT2D eigenvalue weighted by Crippen LogP contribution is -2.16. The van der Waals surface area contributed by atoms with Crippen molar-refractivity contribution >= 4 is 5.97 Å². The average Bonchev–Trinajstić information content (AvgIpc) is 3.12. The Hall–Kier alpha value is -2.23. The van der Waals surface area contributed by atoms with Crippen molar-refractivity contribution in [3.63, 3.8) is 0 Å². The molecule has 1 aromatic rings. The van der Waals surface area contributed by atoms with Crippen molar-refractivity contribution in [1.29, 1.82) is 0 Å². The minimum Gasteiger partial charge on any atom is -0.493 e. The second-order valence-electron chi connectivity index (χ2n) is 7.60. The summed E-state index contributed by atoms with van der Waals surface area (Å²) in [5, 5.41) is 0. The first-order valence-corrected chi connectivity index (χ1v) is 8.95. The van der Waals surface area contributed by atoms with Crippen LogP contribution in [0.15, 0.2) is 42.5 Å². The van der Waals surface area contributed by atoms with Gasteiger partial charge in [-0.1, -0.05) is 43.7 Å². The summed E-state index contributed by atoms with van der Waals surface area (Å²) in [7, 11) is 3.18. The smallest absolute Gasteiger partial charge is 0.310 e. The molecule has 0 amide bonds. The summed E-state index contributed by atoms with van der Waals surface area (Å²) in [6.07, 6.45) is 3.98. The highest BCUT2D eigenvalue weighted by Gasteiger charge is 2.61. The minimum absolute atomic E-state index is 0.0778. The summed E-state index contributed by atoms with van der Waals surface area (Å²) in [6, 6.07) is 5.59. The average molecular weight is 358 g/mol. The van der Waals surface area contributed by atoms with Crippen LogP contribution in [-0.4, -0.2) is 20.2 Å². The first-order valence-electron chi connectivity index (χ1n) is 8.95. The van der Waals surface area contributed by atoms with Gasteiger partial charge in [0.05, 0.1) is 20.1 Å². The Balaban J connectivity index is 2.26. The van der Waals surface area contributed by atoms with Crippen LogP contribution in [0.5, 0.6) is 11.5 Å². The predicted octanol–water partition coefficient (Wildman–Crippen LogP) is 5.10. The van der Waals surface area contributed by atoms with Crippen molar-refractivity contribution in [2.75, 3.05) is 14.2 Å². The zero-order valence-corrected chi connectivity index (χ0v) is 16.7. The van der Waals surface area contributed by atoms with Gasteiger partial charge >= 0.3 is 5.97 Å². The zero-order valence-electron chi connectivity index (χ0n) is 16.7. The molecule has 0 saturated heterocycles. The van der Waals surface area contributed by atoms with E-state index in [4.69, 9.17) is 14.2 Å². The van der Waals surface area contributed by atoms with E-state index in [1.807, 2.05) is 18.2 Å². The molecule has 3 atom stereocenters. The Labute approximate surface area is 156 Å². The molecular formula is C22H30O4. The van der Waals surface area contributed by atoms with E-state index in [0.717, 1.165) is 5.56 Å². The van der Waals surface area contributed by atoms with Crippen LogP contribution in [0.4, 0.5) is 0 Å². The number of hydrogen-bond donors (Lipinski definition) is 0. The first kappa shape index (κ1) is 20.1. The normalized spacial score (nSPS) is 21.3. The van der Waals surface area contributed by atoms with Gasteiger partial charge in [-0.25, -0.2) is 0 Å². The summed E-state index contributed by atoms with van der Waals surface area (Å²) in [5.74, 6) is 1.13. The van der Waals surface area contributed by atoms with Crippen LogP contribution in [-0.2, 0) is 9.53 Å². The molecule has 2 rings (SSSR count). The lowest BCUT2D eigenvalue weighted by Gasteiger charge is -2.21. The third-order valence-electron chi connectivity index (χ3n) is 5.10. The molecule has 1 aromatic carbocycles. The number of methoxy groups -OCH3 is 2. The number of carbonyl (C=O) groups excluding carboxylic acids is 1. The van der Waals surface area contributed by atoms with Gasteiger partial charge in [-0.05, 0) is 31.2 Å². The standard InChI is InChI=1S/C22H30O4/c1-8-10-17(15-11-9-12-18(24-6)20(15)25-7)26-21(23)19-16(13-14(2)3)22(19,4)5/h8-9,11-13,16-17,19H,1,10H2,2-7H3/t16-,17-,19+/m0/s1. The van der Waals surface area contributed by atoms with Gasteiger partial charge in [0.2, 0.25) is 0 Å². The fourth-order valence-electron chi connectivity index (χ4n) is 3.57. The van der Waals surface area contributed by atoms with E-state index in [-0.39, 0.29) is 23.2 Å². The van der Waals surface area contributed by atoms with Crippen molar-refractivity contribution in [2.24, 2.45) is 17.3 Å². The summed E-state index contributed by atoms with van der Waals surface area (Å²) in [5.41, 5.74) is 1.93. The molecule has 0 spiro atoms. The van der Waals surface area contributed by atoms with Gasteiger partial charge in [0.25, 0.3) is 0 Å². The SMILES string of the molecule is C=CC[C@H](OC(=O)[C@H]1[C@H](C=C(C)C)C1(C)C)c1cccc(OC)c1OC. The van der Waals surface area contributed by atoms with Crippen LogP contribution in [0.25, 0.3) is 0 Å². The summed E-state index contributed by atoms with van der Waals surface area (Å²) >= 11 is 0. The minimum atomic E-state index is -0.450. The monoisotopic (exact) mass is 358 g/mol. The number of carbonyl (C=O) groups is 1. The van der Waals surface area contributed by atoms with E-state index in [9.17, 15) is 4.79 Å². The molecule has 1 fully saturated rings. The van der Waals surface area contributed by atoms with E-state index in [1.165, 1.54) is 5.57 Å². The Morgan fingerprint density at radius 2 is 1.96 bits per heavy atom. The number of allylic oxidation sites excluding steroid dienone is 2. The van der Waals surface area contributed by atoms with Crippen molar-refractivity contribution in [3.8, 4) is 11.5 Å². The van der Waals surface area contributed by atoms with E-state index in [2.05, 4.69) is 40.3 Å². The van der Waals surface area contributed by atoms with Gasteiger partial charge in [0.15, 0.2) is 11.5 Å². The van der Waals surface area contributed by atoms with Crippen LogP contribution < -0.4 is 9.47 Å². The van der Waals surface area contributed by atoms with Crippen molar-refractivity contribution in [3.05, 3.63) is 48.1 Å². The predicted molar refractivity (Wildman–Crippen MR) is 103 cm³/mol. The number of esters is 1. The number of ether oxygens (including phenoxy) is 3. The maximum absolute atomic E-state index is 12.9. The second kappa shape index (κ2) is 7.98. The molecule has 1 aliphatic carbocycles. The van der Waals surface area contributed by atoms with E-state index >= 15 is 0 Å². The topological polar surface area (TPSA) is 44.8 Å². The molecule has 0 radical (unpaired) electrons. The van der Waals surface area contributed by atoms with Crippen LogP contribution >= 0.6 is 0 Å². The van der Waals surface area contributed by atoms with E-state index < -0.39 is 6.10 Å². The van der Waals surface area contributed by atoms with Crippen molar-refractivity contribution in [1.82, 2.24) is 0 Å². The van der Waals surface area contributed by atoms with Crippen LogP contribution in [0.3, 0.4) is 0 Å². The molecule has 0 heterocycles. The van der Waals surface area contributed by atoms with Gasteiger partial charge in [-0.2, -0.15) is 0 Å². The summed E-state index contributed by atoms with van der Waals surface area (Å²) in [4.78, 5) is 12.9. The molecule has 0 aromatic heterocycles. The van der Waals surface area contributed by atoms with Gasteiger partial charge in [-0.3, -0.25) is 4.79 Å². The lowest BCUT2D eigenvalue weighted by atomic mass is 10.0. The Bertz CT molecular complexity index is 698. The third kappa shape index (κ3) is 3.95. The first-order chi connectivity index (χ1) is 12.3. The molecule has 0 aliphatic heterocycles. The van der Waals surface area contributed by atoms with Crippen LogP contribution in [0, 0.1) is 17.3 Å².